The molecule has 6 nitrogen and oxygen atoms in total. The van der Waals surface area contributed by atoms with Gasteiger partial charge in [-0.05, 0) is 43.2 Å². The number of aromatic amines is 2. The zero-order valence-corrected chi connectivity index (χ0v) is 19.9. The molecule has 1 aliphatic heterocycles. The molecule has 1 atom stereocenters. The van der Waals surface area contributed by atoms with Gasteiger partial charge in [0.2, 0.25) is 0 Å². The third-order valence-electron chi connectivity index (χ3n) is 6.02. The highest BCUT2D eigenvalue weighted by Crippen LogP contribution is 2.22. The summed E-state index contributed by atoms with van der Waals surface area (Å²) in [4.78, 5) is 19.1. The number of rotatable bonds is 5. The van der Waals surface area contributed by atoms with Gasteiger partial charge < -0.3 is 15.3 Å². The summed E-state index contributed by atoms with van der Waals surface area (Å²) in [5.41, 5.74) is 4.10. The quantitative estimate of drug-likeness (QED) is 0.530. The van der Waals surface area contributed by atoms with Crippen LogP contribution in [0.25, 0.3) is 40.1 Å². The fraction of sp³-hybridized carbons (Fsp3) is 0.333. The molecule has 1 saturated heterocycles. The van der Waals surface area contributed by atoms with E-state index in [-0.39, 0.29) is 0 Å². The monoisotopic (exact) mass is 442 g/mol. The van der Waals surface area contributed by atoms with E-state index in [1.807, 2.05) is 39.0 Å². The lowest BCUT2D eigenvalue weighted by molar-refractivity contribution is 0.213. The van der Waals surface area contributed by atoms with Gasteiger partial charge in [0.25, 0.3) is 0 Å². The Hall–Kier alpha value is -3.22. The van der Waals surface area contributed by atoms with Gasteiger partial charge in [-0.25, -0.2) is 9.97 Å². The molecule has 1 aliphatic carbocycles. The number of H-pyrrole nitrogens is 2. The molecule has 1 fully saturated rings. The maximum Gasteiger partial charge on any atom is 0.138 e. The van der Waals surface area contributed by atoms with Gasteiger partial charge >= 0.3 is 0 Å². The molecule has 0 bridgehead atoms. The van der Waals surface area contributed by atoms with Gasteiger partial charge in [0.05, 0.1) is 21.7 Å². The summed E-state index contributed by atoms with van der Waals surface area (Å²) in [6.07, 6.45) is 13.3. The number of imidazole rings is 2. The molecule has 3 aromatic rings. The van der Waals surface area contributed by atoms with Crippen molar-refractivity contribution in [1.29, 1.82) is 0 Å². The Morgan fingerprint density at radius 1 is 1.12 bits per heavy atom. The van der Waals surface area contributed by atoms with Crippen LogP contribution in [-0.2, 0) is 0 Å². The first-order valence-electron chi connectivity index (χ1n) is 11.9. The van der Waals surface area contributed by atoms with Crippen LogP contribution in [0.5, 0.6) is 0 Å². The fourth-order valence-corrected chi connectivity index (χ4v) is 4.28. The van der Waals surface area contributed by atoms with Crippen molar-refractivity contribution in [2.45, 2.75) is 33.2 Å². The average molecular weight is 443 g/mol. The third-order valence-corrected chi connectivity index (χ3v) is 6.02. The topological polar surface area (TPSA) is 72.6 Å². The van der Waals surface area contributed by atoms with Crippen LogP contribution in [0.3, 0.4) is 0 Å². The molecular formula is C27H34N6. The highest BCUT2D eigenvalue weighted by molar-refractivity contribution is 5.83. The SMILES string of the molecule is C=C/C=C\C=C(/C)c1nc2ccc(-c3nc4c([nH]3)=CC(N3CCNCC3)CC=4)cc2[nH]1.CC. The van der Waals surface area contributed by atoms with E-state index in [1.165, 1.54) is 0 Å². The standard InChI is InChI=1S/C25H28N6.C2H6/c1-3-4-5-6-17(2)24-27-20-9-7-18(15-22(20)29-24)25-28-21-10-8-19(16-23(21)30-25)31-13-11-26-12-14-31;1-2/h3-7,9-10,15-16,19,26H,1,8,11-14H2,2H3,(H,27,29)(H,28,30);1-2H3/b5-4-,17-6+;. The zero-order chi connectivity index (χ0) is 23.2. The van der Waals surface area contributed by atoms with Crippen molar-refractivity contribution in [3.8, 4) is 11.4 Å². The summed E-state index contributed by atoms with van der Waals surface area (Å²) in [6.45, 7) is 14.1. The summed E-state index contributed by atoms with van der Waals surface area (Å²) >= 11 is 0. The van der Waals surface area contributed by atoms with Crippen LogP contribution in [0.2, 0.25) is 0 Å². The van der Waals surface area contributed by atoms with E-state index in [9.17, 15) is 0 Å². The van der Waals surface area contributed by atoms with Crippen LogP contribution in [0.1, 0.15) is 33.0 Å². The Balaban J connectivity index is 0.00000126. The molecule has 3 N–H and O–H groups in total. The molecule has 3 heterocycles. The van der Waals surface area contributed by atoms with E-state index in [2.05, 4.69) is 57.1 Å². The van der Waals surface area contributed by atoms with Gasteiger partial charge in [-0.2, -0.15) is 0 Å². The van der Waals surface area contributed by atoms with Crippen LogP contribution in [0.15, 0.2) is 49.1 Å². The molecule has 0 radical (unpaired) electrons. The maximum absolute atomic E-state index is 4.86. The van der Waals surface area contributed by atoms with Gasteiger partial charge in [-0.15, -0.1) is 0 Å². The molecular weight excluding hydrogens is 408 g/mol. The minimum Gasteiger partial charge on any atom is -0.338 e. The van der Waals surface area contributed by atoms with Gasteiger partial charge in [-0.3, -0.25) is 4.90 Å². The lowest BCUT2D eigenvalue weighted by atomic mass is 10.1. The molecule has 1 unspecified atom stereocenters. The number of hydrogen-bond acceptors (Lipinski definition) is 4. The normalized spacial score (nSPS) is 18.9. The summed E-state index contributed by atoms with van der Waals surface area (Å²) < 4.78 is 0. The number of aromatic nitrogens is 4. The summed E-state index contributed by atoms with van der Waals surface area (Å²) in [6, 6.07) is 6.71. The number of piperazine rings is 1. The summed E-state index contributed by atoms with van der Waals surface area (Å²) in [5.74, 6) is 1.78. The van der Waals surface area contributed by atoms with E-state index in [0.29, 0.717) is 6.04 Å². The van der Waals surface area contributed by atoms with E-state index >= 15 is 0 Å². The molecule has 0 amide bonds. The second kappa shape index (κ2) is 10.6. The number of fused-ring (bicyclic) bond motifs is 2. The number of hydrogen-bond donors (Lipinski definition) is 3. The maximum atomic E-state index is 4.86. The first kappa shape index (κ1) is 23.0. The predicted octanol–water partition coefficient (Wildman–Crippen LogP) is 3.36. The Morgan fingerprint density at radius 3 is 2.73 bits per heavy atom. The summed E-state index contributed by atoms with van der Waals surface area (Å²) in [7, 11) is 0. The molecule has 2 aliphatic rings. The van der Waals surface area contributed by atoms with Crippen molar-refractivity contribution < 1.29 is 0 Å². The first-order valence-corrected chi connectivity index (χ1v) is 11.9. The third kappa shape index (κ3) is 5.07. The molecule has 172 valence electrons. The predicted molar refractivity (Wildman–Crippen MR) is 139 cm³/mol. The van der Waals surface area contributed by atoms with Gasteiger partial charge in [0, 0.05) is 37.8 Å². The lowest BCUT2D eigenvalue weighted by Gasteiger charge is -2.33. The van der Waals surface area contributed by atoms with Crippen molar-refractivity contribution in [2.75, 3.05) is 26.2 Å². The Labute approximate surface area is 195 Å². The van der Waals surface area contributed by atoms with Crippen LogP contribution in [0, 0.1) is 0 Å². The number of nitrogens with one attached hydrogen (secondary N) is 3. The van der Waals surface area contributed by atoms with Crippen LogP contribution < -0.4 is 16.0 Å². The molecule has 1 aromatic carbocycles. The van der Waals surface area contributed by atoms with Crippen molar-refractivity contribution in [3.63, 3.8) is 0 Å². The minimum absolute atomic E-state index is 0.449. The highest BCUT2D eigenvalue weighted by atomic mass is 15.2. The van der Waals surface area contributed by atoms with Crippen LogP contribution in [0.4, 0.5) is 0 Å². The lowest BCUT2D eigenvalue weighted by Crippen LogP contribution is -2.49. The van der Waals surface area contributed by atoms with Crippen molar-refractivity contribution in [2.24, 2.45) is 0 Å². The van der Waals surface area contributed by atoms with Crippen molar-refractivity contribution in [3.05, 3.63) is 65.6 Å². The molecule has 5 rings (SSSR count). The first-order chi connectivity index (χ1) is 16.2. The number of benzene rings is 1. The average Bonchev–Trinajstić information content (AvgIpc) is 3.49. The van der Waals surface area contributed by atoms with Crippen molar-refractivity contribution >= 4 is 28.8 Å². The largest absolute Gasteiger partial charge is 0.338 e. The van der Waals surface area contributed by atoms with Crippen LogP contribution in [-0.4, -0.2) is 57.1 Å². The number of nitrogens with zero attached hydrogens (tertiary/aromatic N) is 3. The van der Waals surface area contributed by atoms with E-state index in [0.717, 1.165) is 77.1 Å². The second-order valence-electron chi connectivity index (χ2n) is 8.13. The minimum atomic E-state index is 0.449. The fourth-order valence-electron chi connectivity index (χ4n) is 4.28. The van der Waals surface area contributed by atoms with Gasteiger partial charge in [0.1, 0.15) is 11.6 Å². The Kier molecular flexibility index (Phi) is 7.37. The highest BCUT2D eigenvalue weighted by Gasteiger charge is 2.20. The molecule has 33 heavy (non-hydrogen) atoms. The van der Waals surface area contributed by atoms with E-state index in [4.69, 9.17) is 9.97 Å². The smallest absolute Gasteiger partial charge is 0.138 e. The number of allylic oxidation sites excluding steroid dienone is 5. The summed E-state index contributed by atoms with van der Waals surface area (Å²) in [5, 5.41) is 5.61. The molecule has 6 heteroatoms. The van der Waals surface area contributed by atoms with Gasteiger partial charge in [0.15, 0.2) is 0 Å². The van der Waals surface area contributed by atoms with Crippen molar-refractivity contribution in [1.82, 2.24) is 30.2 Å². The second-order valence-corrected chi connectivity index (χ2v) is 8.13. The molecule has 0 spiro atoms. The van der Waals surface area contributed by atoms with E-state index in [1.54, 1.807) is 6.08 Å². The zero-order valence-electron chi connectivity index (χ0n) is 19.9. The van der Waals surface area contributed by atoms with Crippen LogP contribution >= 0.6 is 0 Å². The Bertz CT molecular complexity index is 1280. The molecule has 2 aromatic heterocycles. The Morgan fingerprint density at radius 2 is 1.94 bits per heavy atom. The van der Waals surface area contributed by atoms with E-state index < -0.39 is 0 Å². The van der Waals surface area contributed by atoms with Gasteiger partial charge in [-0.1, -0.05) is 50.8 Å². The molecule has 0 saturated carbocycles.